The molecule has 0 saturated heterocycles. The van der Waals surface area contributed by atoms with Crippen LogP contribution in [0.25, 0.3) is 16.6 Å². The molecule has 0 aliphatic rings. The molecule has 6 nitrogen and oxygen atoms in total. The number of thioether (sulfide) groups is 1. The van der Waals surface area contributed by atoms with Gasteiger partial charge in [-0.1, -0.05) is 23.9 Å². The summed E-state index contributed by atoms with van der Waals surface area (Å²) >= 11 is 1.30. The number of hydrogen-bond acceptors (Lipinski definition) is 6. The van der Waals surface area contributed by atoms with Gasteiger partial charge in [-0.15, -0.1) is 10.2 Å². The van der Waals surface area contributed by atoms with Gasteiger partial charge in [-0.25, -0.2) is 9.37 Å². The standard InChI is InChI=1S/C18H13FN4O2S/c1-11-21-22-16(25-11)10-26-18-20-15-5-3-2-4-14(15)17(24)23(18)13-8-6-12(19)7-9-13/h2-9H,10H2,1H3. The van der Waals surface area contributed by atoms with Crippen molar-refractivity contribution in [2.75, 3.05) is 0 Å². The zero-order chi connectivity index (χ0) is 18.1. The molecular formula is C18H13FN4O2S. The molecule has 4 rings (SSSR count). The summed E-state index contributed by atoms with van der Waals surface area (Å²) in [6, 6.07) is 12.8. The average Bonchev–Trinajstić information content (AvgIpc) is 3.07. The Balaban J connectivity index is 1.84. The first kappa shape index (κ1) is 16.5. The molecule has 8 heteroatoms. The van der Waals surface area contributed by atoms with Crippen molar-refractivity contribution in [2.24, 2.45) is 0 Å². The lowest BCUT2D eigenvalue weighted by Gasteiger charge is -2.12. The van der Waals surface area contributed by atoms with Crippen molar-refractivity contribution in [3.05, 3.63) is 76.5 Å². The van der Waals surface area contributed by atoms with Crippen molar-refractivity contribution >= 4 is 22.7 Å². The van der Waals surface area contributed by atoms with E-state index in [-0.39, 0.29) is 11.4 Å². The molecule has 0 amide bonds. The van der Waals surface area contributed by atoms with Gasteiger partial charge in [0.15, 0.2) is 5.16 Å². The number of halogens is 1. The number of para-hydroxylation sites is 1. The highest BCUT2D eigenvalue weighted by Gasteiger charge is 2.14. The number of fused-ring (bicyclic) bond motifs is 1. The van der Waals surface area contributed by atoms with E-state index >= 15 is 0 Å². The summed E-state index contributed by atoms with van der Waals surface area (Å²) in [5, 5.41) is 8.72. The molecule has 4 aromatic rings. The Hall–Kier alpha value is -3.00. The first-order valence-corrected chi connectivity index (χ1v) is 8.80. The fraction of sp³-hybridized carbons (Fsp3) is 0.111. The molecule has 2 aromatic heterocycles. The molecule has 0 atom stereocenters. The lowest BCUT2D eigenvalue weighted by molar-refractivity contribution is 0.485. The summed E-state index contributed by atoms with van der Waals surface area (Å²) in [6.07, 6.45) is 0. The molecular weight excluding hydrogens is 355 g/mol. The maximum Gasteiger partial charge on any atom is 0.266 e. The summed E-state index contributed by atoms with van der Waals surface area (Å²) in [7, 11) is 0. The zero-order valence-corrected chi connectivity index (χ0v) is 14.5. The van der Waals surface area contributed by atoms with Crippen LogP contribution < -0.4 is 5.56 Å². The van der Waals surface area contributed by atoms with Gasteiger partial charge in [0, 0.05) is 6.92 Å². The summed E-state index contributed by atoms with van der Waals surface area (Å²) in [5.74, 6) is 0.918. The van der Waals surface area contributed by atoms with E-state index < -0.39 is 0 Å². The number of rotatable bonds is 4. The molecule has 0 unspecified atom stereocenters. The van der Waals surface area contributed by atoms with Crippen molar-refractivity contribution in [3.63, 3.8) is 0 Å². The summed E-state index contributed by atoms with van der Waals surface area (Å²) in [5.41, 5.74) is 0.922. The van der Waals surface area contributed by atoms with Crippen LogP contribution in [0.3, 0.4) is 0 Å². The molecule has 0 spiro atoms. The Morgan fingerprint density at radius 1 is 1.12 bits per heavy atom. The summed E-state index contributed by atoms with van der Waals surface area (Å²) in [6.45, 7) is 1.71. The monoisotopic (exact) mass is 368 g/mol. The highest BCUT2D eigenvalue weighted by atomic mass is 32.2. The molecule has 0 bridgehead atoms. The number of aromatic nitrogens is 4. The third-order valence-electron chi connectivity index (χ3n) is 3.72. The SMILES string of the molecule is Cc1nnc(CSc2nc3ccccc3c(=O)n2-c2ccc(F)cc2)o1. The van der Waals surface area contributed by atoms with Gasteiger partial charge >= 0.3 is 0 Å². The van der Waals surface area contributed by atoms with Gasteiger partial charge in [0.05, 0.1) is 22.3 Å². The van der Waals surface area contributed by atoms with Crippen LogP contribution in [-0.4, -0.2) is 19.7 Å². The molecule has 2 aromatic carbocycles. The minimum atomic E-state index is -0.369. The molecule has 0 fully saturated rings. The Labute approximate surface area is 151 Å². The van der Waals surface area contributed by atoms with Crippen molar-refractivity contribution in [1.82, 2.24) is 19.7 Å². The van der Waals surface area contributed by atoms with Crippen LogP contribution in [0.2, 0.25) is 0 Å². The molecule has 0 radical (unpaired) electrons. The van der Waals surface area contributed by atoms with Gasteiger partial charge in [0.25, 0.3) is 5.56 Å². The first-order valence-electron chi connectivity index (χ1n) is 7.81. The van der Waals surface area contributed by atoms with E-state index in [9.17, 15) is 9.18 Å². The third kappa shape index (κ3) is 3.11. The second kappa shape index (κ2) is 6.72. The van der Waals surface area contributed by atoms with Gasteiger partial charge in [0.1, 0.15) is 5.82 Å². The highest BCUT2D eigenvalue weighted by molar-refractivity contribution is 7.98. The maximum atomic E-state index is 13.3. The van der Waals surface area contributed by atoms with E-state index in [1.165, 1.54) is 28.5 Å². The van der Waals surface area contributed by atoms with Crippen molar-refractivity contribution in [3.8, 4) is 5.69 Å². The van der Waals surface area contributed by atoms with Crippen LogP contribution in [0.15, 0.2) is 62.9 Å². The molecule has 130 valence electrons. The second-order valence-electron chi connectivity index (χ2n) is 5.53. The number of hydrogen-bond donors (Lipinski definition) is 0. The van der Waals surface area contributed by atoms with Crippen LogP contribution >= 0.6 is 11.8 Å². The van der Waals surface area contributed by atoms with E-state index in [0.717, 1.165) is 0 Å². The largest absolute Gasteiger partial charge is 0.425 e. The van der Waals surface area contributed by atoms with E-state index in [4.69, 9.17) is 4.42 Å². The van der Waals surface area contributed by atoms with Gasteiger partial charge in [-0.3, -0.25) is 9.36 Å². The molecule has 0 aliphatic carbocycles. The van der Waals surface area contributed by atoms with E-state index in [2.05, 4.69) is 15.2 Å². The predicted molar refractivity (Wildman–Crippen MR) is 95.9 cm³/mol. The Morgan fingerprint density at radius 3 is 2.62 bits per heavy atom. The quantitative estimate of drug-likeness (QED) is 0.405. The van der Waals surface area contributed by atoms with Crippen LogP contribution in [0, 0.1) is 12.7 Å². The lowest BCUT2D eigenvalue weighted by Crippen LogP contribution is -2.21. The number of benzene rings is 2. The molecule has 26 heavy (non-hydrogen) atoms. The van der Waals surface area contributed by atoms with Crippen molar-refractivity contribution in [2.45, 2.75) is 17.8 Å². The van der Waals surface area contributed by atoms with E-state index in [1.807, 2.05) is 6.07 Å². The summed E-state index contributed by atoms with van der Waals surface area (Å²) < 4.78 is 20.1. The molecule has 0 aliphatic heterocycles. The molecule has 0 N–H and O–H groups in total. The van der Waals surface area contributed by atoms with Gasteiger partial charge in [0.2, 0.25) is 11.8 Å². The van der Waals surface area contributed by atoms with Crippen molar-refractivity contribution in [1.29, 1.82) is 0 Å². The first-order chi connectivity index (χ1) is 12.6. The Kier molecular flexibility index (Phi) is 4.26. The van der Waals surface area contributed by atoms with Gasteiger partial charge < -0.3 is 4.42 Å². The normalized spacial score (nSPS) is 11.2. The number of aryl methyl sites for hydroxylation is 1. The summed E-state index contributed by atoms with van der Waals surface area (Å²) in [4.78, 5) is 17.6. The van der Waals surface area contributed by atoms with Crippen LogP contribution in [0.5, 0.6) is 0 Å². The third-order valence-corrected chi connectivity index (χ3v) is 4.65. The number of nitrogens with zero attached hydrogens (tertiary/aromatic N) is 4. The van der Waals surface area contributed by atoms with E-state index in [0.29, 0.717) is 39.3 Å². The molecule has 0 saturated carbocycles. The minimum absolute atomic E-state index is 0.216. The molecule has 2 heterocycles. The maximum absolute atomic E-state index is 13.3. The topological polar surface area (TPSA) is 73.8 Å². The van der Waals surface area contributed by atoms with Crippen molar-refractivity contribution < 1.29 is 8.81 Å². The highest BCUT2D eigenvalue weighted by Crippen LogP contribution is 2.24. The minimum Gasteiger partial charge on any atom is -0.425 e. The van der Waals surface area contributed by atoms with Gasteiger partial charge in [-0.05, 0) is 36.4 Å². The zero-order valence-electron chi connectivity index (χ0n) is 13.7. The fourth-order valence-corrected chi connectivity index (χ4v) is 3.40. The average molecular weight is 368 g/mol. The fourth-order valence-electron chi connectivity index (χ4n) is 2.55. The Bertz CT molecular complexity index is 1140. The van der Waals surface area contributed by atoms with Crippen LogP contribution in [0.1, 0.15) is 11.8 Å². The Morgan fingerprint density at radius 2 is 1.88 bits per heavy atom. The van der Waals surface area contributed by atoms with Crippen LogP contribution in [0.4, 0.5) is 4.39 Å². The van der Waals surface area contributed by atoms with E-state index in [1.54, 1.807) is 37.3 Å². The lowest BCUT2D eigenvalue weighted by atomic mass is 10.2. The van der Waals surface area contributed by atoms with Crippen LogP contribution in [-0.2, 0) is 5.75 Å². The smallest absolute Gasteiger partial charge is 0.266 e. The van der Waals surface area contributed by atoms with Gasteiger partial charge in [-0.2, -0.15) is 0 Å². The predicted octanol–water partition coefficient (Wildman–Crippen LogP) is 3.51. The second-order valence-corrected chi connectivity index (χ2v) is 6.47.